The summed E-state index contributed by atoms with van der Waals surface area (Å²) in [5.41, 5.74) is 2.46. The van der Waals surface area contributed by atoms with Crippen molar-refractivity contribution < 1.29 is 0 Å². The van der Waals surface area contributed by atoms with Gasteiger partial charge in [-0.05, 0) is 11.1 Å². The molecule has 0 spiro atoms. The van der Waals surface area contributed by atoms with Gasteiger partial charge in [0.25, 0.3) is 0 Å². The van der Waals surface area contributed by atoms with Crippen LogP contribution in [-0.4, -0.2) is 45.8 Å². The largest absolute Gasteiger partial charge is 0.352 e. The number of guanidine groups is 1. The Morgan fingerprint density at radius 3 is 2.65 bits per heavy atom. The normalized spacial score (nSPS) is 14.4. The Hall–Kier alpha value is -2.37. The third-order valence-electron chi connectivity index (χ3n) is 3.34. The molecule has 1 N–H and O–H groups in total. The first kappa shape index (κ1) is 12.7. The van der Waals surface area contributed by atoms with Gasteiger partial charge >= 0.3 is 0 Å². The van der Waals surface area contributed by atoms with Gasteiger partial charge in [0.1, 0.15) is 12.7 Å². The summed E-state index contributed by atoms with van der Waals surface area (Å²) < 4.78 is 1.81. The fourth-order valence-electron chi connectivity index (χ4n) is 2.17. The quantitative estimate of drug-likeness (QED) is 0.889. The molecule has 1 aromatic heterocycles. The standard InChI is InChI=1S/C14H18N6/c1-19-7-6-16-14(19)17-8-12-2-4-13(5-3-12)9-20-11-15-10-18-20/h2-5,10-11H,6-9H2,1H3,(H,16,17). The highest BCUT2D eigenvalue weighted by Gasteiger charge is 2.11. The molecule has 6 nitrogen and oxygen atoms in total. The molecule has 2 aromatic rings. The lowest BCUT2D eigenvalue weighted by Gasteiger charge is -2.15. The molecule has 104 valence electrons. The van der Waals surface area contributed by atoms with Crippen molar-refractivity contribution in [1.29, 1.82) is 0 Å². The maximum atomic E-state index is 4.41. The molecule has 0 saturated heterocycles. The first-order chi connectivity index (χ1) is 9.81. The van der Waals surface area contributed by atoms with E-state index in [0.717, 1.165) is 32.1 Å². The van der Waals surface area contributed by atoms with Crippen LogP contribution in [0, 0.1) is 0 Å². The van der Waals surface area contributed by atoms with Gasteiger partial charge in [-0.15, -0.1) is 0 Å². The number of nitrogens with zero attached hydrogens (tertiary/aromatic N) is 5. The van der Waals surface area contributed by atoms with Crippen molar-refractivity contribution in [3.63, 3.8) is 0 Å². The van der Waals surface area contributed by atoms with Crippen LogP contribution in [0.1, 0.15) is 11.1 Å². The van der Waals surface area contributed by atoms with E-state index in [1.807, 2.05) is 4.68 Å². The van der Waals surface area contributed by atoms with Gasteiger partial charge in [-0.25, -0.2) is 9.67 Å². The molecular formula is C14H18N6. The zero-order valence-corrected chi connectivity index (χ0v) is 11.5. The van der Waals surface area contributed by atoms with Crippen molar-refractivity contribution >= 4 is 5.96 Å². The molecule has 0 saturated carbocycles. The summed E-state index contributed by atoms with van der Waals surface area (Å²) in [4.78, 5) is 10.5. The average Bonchev–Trinajstić information content (AvgIpc) is 3.10. The SMILES string of the molecule is CN1CCN=C1NCc1ccc(Cn2cncn2)cc1. The fraction of sp³-hybridized carbons (Fsp3) is 0.357. The minimum Gasteiger partial charge on any atom is -0.352 e. The Morgan fingerprint density at radius 2 is 2.00 bits per heavy atom. The van der Waals surface area contributed by atoms with E-state index in [4.69, 9.17) is 0 Å². The molecule has 20 heavy (non-hydrogen) atoms. The summed E-state index contributed by atoms with van der Waals surface area (Å²) in [5.74, 6) is 0.983. The van der Waals surface area contributed by atoms with Gasteiger partial charge in [-0.3, -0.25) is 4.99 Å². The van der Waals surface area contributed by atoms with E-state index in [-0.39, 0.29) is 0 Å². The van der Waals surface area contributed by atoms with Gasteiger partial charge in [-0.2, -0.15) is 5.10 Å². The number of aromatic nitrogens is 3. The van der Waals surface area contributed by atoms with Gasteiger partial charge in [0, 0.05) is 20.1 Å². The Labute approximate surface area is 118 Å². The van der Waals surface area contributed by atoms with E-state index in [1.165, 1.54) is 11.1 Å². The van der Waals surface area contributed by atoms with Gasteiger partial charge in [0.2, 0.25) is 0 Å². The van der Waals surface area contributed by atoms with Crippen molar-refractivity contribution in [2.45, 2.75) is 13.1 Å². The first-order valence-corrected chi connectivity index (χ1v) is 6.71. The number of benzene rings is 1. The first-order valence-electron chi connectivity index (χ1n) is 6.71. The monoisotopic (exact) mass is 270 g/mol. The molecule has 3 rings (SSSR count). The number of hydrogen-bond acceptors (Lipinski definition) is 5. The second-order valence-electron chi connectivity index (χ2n) is 4.89. The Balaban J connectivity index is 1.56. The topological polar surface area (TPSA) is 58.3 Å². The summed E-state index contributed by atoms with van der Waals surface area (Å²) in [6.07, 6.45) is 3.28. The highest BCUT2D eigenvalue weighted by molar-refractivity contribution is 5.81. The molecular weight excluding hydrogens is 252 g/mol. The summed E-state index contributed by atoms with van der Waals surface area (Å²) >= 11 is 0. The maximum Gasteiger partial charge on any atom is 0.194 e. The van der Waals surface area contributed by atoms with E-state index in [9.17, 15) is 0 Å². The molecule has 0 atom stereocenters. The molecule has 1 aromatic carbocycles. The predicted molar refractivity (Wildman–Crippen MR) is 77.3 cm³/mol. The van der Waals surface area contributed by atoms with Crippen molar-refractivity contribution in [2.24, 2.45) is 4.99 Å². The molecule has 0 amide bonds. The Bertz CT molecular complexity index is 572. The van der Waals surface area contributed by atoms with Gasteiger partial charge in [0.15, 0.2) is 5.96 Å². The minimum absolute atomic E-state index is 0.753. The van der Waals surface area contributed by atoms with Crippen molar-refractivity contribution in [1.82, 2.24) is 25.0 Å². The lowest BCUT2D eigenvalue weighted by atomic mass is 10.1. The predicted octanol–water partition coefficient (Wildman–Crippen LogP) is 0.717. The zero-order chi connectivity index (χ0) is 13.8. The van der Waals surface area contributed by atoms with E-state index in [2.05, 4.69) is 56.6 Å². The number of aliphatic imine (C=N–C) groups is 1. The van der Waals surface area contributed by atoms with Crippen molar-refractivity contribution in [2.75, 3.05) is 20.1 Å². The molecule has 0 bridgehead atoms. The van der Waals surface area contributed by atoms with E-state index in [1.54, 1.807) is 12.7 Å². The molecule has 0 fully saturated rings. The van der Waals surface area contributed by atoms with Gasteiger partial charge < -0.3 is 10.2 Å². The number of rotatable bonds is 4. The molecule has 0 unspecified atom stereocenters. The highest BCUT2D eigenvalue weighted by Crippen LogP contribution is 2.06. The third-order valence-corrected chi connectivity index (χ3v) is 3.34. The molecule has 2 heterocycles. The summed E-state index contributed by atoms with van der Waals surface area (Å²) in [5, 5.41) is 7.46. The van der Waals surface area contributed by atoms with Crippen LogP contribution in [0.5, 0.6) is 0 Å². The van der Waals surface area contributed by atoms with Crippen LogP contribution in [0.4, 0.5) is 0 Å². The van der Waals surface area contributed by atoms with Crippen molar-refractivity contribution in [3.8, 4) is 0 Å². The number of nitrogens with one attached hydrogen (secondary N) is 1. The fourth-order valence-corrected chi connectivity index (χ4v) is 2.17. The minimum atomic E-state index is 0.753. The second kappa shape index (κ2) is 5.73. The third kappa shape index (κ3) is 2.96. The van der Waals surface area contributed by atoms with Gasteiger partial charge in [0.05, 0.1) is 13.1 Å². The van der Waals surface area contributed by atoms with Crippen LogP contribution >= 0.6 is 0 Å². The zero-order valence-electron chi connectivity index (χ0n) is 11.5. The van der Waals surface area contributed by atoms with Crippen LogP contribution in [0.3, 0.4) is 0 Å². The summed E-state index contributed by atoms with van der Waals surface area (Å²) in [7, 11) is 2.06. The molecule has 0 aliphatic carbocycles. The summed E-state index contributed by atoms with van der Waals surface area (Å²) in [6, 6.07) is 8.52. The average molecular weight is 270 g/mol. The van der Waals surface area contributed by atoms with E-state index in [0.29, 0.717) is 0 Å². The second-order valence-corrected chi connectivity index (χ2v) is 4.89. The van der Waals surface area contributed by atoms with Crippen LogP contribution in [-0.2, 0) is 13.1 Å². The summed E-state index contributed by atoms with van der Waals surface area (Å²) in [6.45, 7) is 3.44. The Morgan fingerprint density at radius 1 is 1.20 bits per heavy atom. The van der Waals surface area contributed by atoms with E-state index < -0.39 is 0 Å². The van der Waals surface area contributed by atoms with Crippen LogP contribution in [0.2, 0.25) is 0 Å². The van der Waals surface area contributed by atoms with Crippen LogP contribution < -0.4 is 5.32 Å². The highest BCUT2D eigenvalue weighted by atomic mass is 15.3. The maximum absolute atomic E-state index is 4.41. The van der Waals surface area contributed by atoms with Crippen molar-refractivity contribution in [3.05, 3.63) is 48.0 Å². The van der Waals surface area contributed by atoms with E-state index >= 15 is 0 Å². The lowest BCUT2D eigenvalue weighted by molar-refractivity contribution is 0.534. The molecule has 0 radical (unpaired) electrons. The van der Waals surface area contributed by atoms with Crippen LogP contribution in [0.15, 0.2) is 41.9 Å². The molecule has 1 aliphatic rings. The number of likely N-dealkylation sites (N-methyl/N-ethyl adjacent to an activating group) is 1. The smallest absolute Gasteiger partial charge is 0.194 e. The van der Waals surface area contributed by atoms with Gasteiger partial charge in [-0.1, -0.05) is 24.3 Å². The molecule has 6 heteroatoms. The lowest BCUT2D eigenvalue weighted by Crippen LogP contribution is -2.35. The molecule has 1 aliphatic heterocycles. The number of hydrogen-bond donors (Lipinski definition) is 1. The van der Waals surface area contributed by atoms with Crippen LogP contribution in [0.25, 0.3) is 0 Å². The Kier molecular flexibility index (Phi) is 3.62.